The van der Waals surface area contributed by atoms with Crippen molar-refractivity contribution in [3.8, 4) is 5.75 Å². The topological polar surface area (TPSA) is 38.3 Å². The Balaban J connectivity index is 2.79. The second-order valence-corrected chi connectivity index (χ2v) is 4.22. The molecule has 0 bridgehead atoms. The number of benzene rings is 1. The Bertz CT molecular complexity index is 396. The fourth-order valence-electron chi connectivity index (χ4n) is 1.26. The number of ether oxygens (including phenoxy) is 1. The Morgan fingerprint density at radius 3 is 2.88 bits per heavy atom. The molecule has 0 aliphatic heterocycles. The monoisotopic (exact) mass is 289 g/mol. The maximum absolute atomic E-state index is 13.8. The van der Waals surface area contributed by atoms with E-state index in [9.17, 15) is 9.18 Å². The molecule has 0 atom stereocenters. The predicted octanol–water partition coefficient (Wildman–Crippen LogP) is 2.33. The van der Waals surface area contributed by atoms with Crippen molar-refractivity contribution in [2.75, 3.05) is 13.2 Å². The van der Waals surface area contributed by atoms with E-state index in [2.05, 4.69) is 21.2 Å². The number of hydrogen-bond donors (Lipinski definition) is 1. The van der Waals surface area contributed by atoms with Gasteiger partial charge in [-0.15, -0.1) is 0 Å². The lowest BCUT2D eigenvalue weighted by Crippen LogP contribution is -2.19. The van der Waals surface area contributed by atoms with Crippen LogP contribution in [-0.2, 0) is 4.79 Å². The van der Waals surface area contributed by atoms with E-state index < -0.39 is 0 Å². The molecule has 0 aliphatic carbocycles. The first-order valence-electron chi connectivity index (χ1n) is 4.83. The van der Waals surface area contributed by atoms with Gasteiger partial charge < -0.3 is 10.1 Å². The van der Waals surface area contributed by atoms with Crippen LogP contribution in [0, 0.1) is 19.7 Å². The highest BCUT2D eigenvalue weighted by atomic mass is 79.9. The van der Waals surface area contributed by atoms with E-state index in [1.807, 2.05) is 0 Å². The summed E-state index contributed by atoms with van der Waals surface area (Å²) in [7, 11) is 0. The van der Waals surface area contributed by atoms with E-state index in [-0.39, 0.29) is 18.2 Å². The van der Waals surface area contributed by atoms with Gasteiger partial charge >= 0.3 is 0 Å². The average Bonchev–Trinajstić information content (AvgIpc) is 2.25. The SMILES string of the molecule is Cc1cc(Br)c(C)c(F)c1OCCNC=O. The summed E-state index contributed by atoms with van der Waals surface area (Å²) in [5.74, 6) is -0.119. The third kappa shape index (κ3) is 2.95. The molecule has 0 unspecified atom stereocenters. The van der Waals surface area contributed by atoms with Crippen LogP contribution in [0.4, 0.5) is 4.39 Å². The molecule has 1 amide bonds. The summed E-state index contributed by atoms with van der Waals surface area (Å²) in [5.41, 5.74) is 1.24. The second kappa shape index (κ2) is 5.84. The van der Waals surface area contributed by atoms with Crippen LogP contribution >= 0.6 is 15.9 Å². The second-order valence-electron chi connectivity index (χ2n) is 3.36. The standard InChI is InChI=1S/C11H13BrFNO2/c1-7-5-9(12)8(2)10(13)11(7)16-4-3-14-6-15/h5-6H,3-4H2,1-2H3,(H,14,15). The molecule has 0 saturated carbocycles. The van der Waals surface area contributed by atoms with Crippen LogP contribution in [0.25, 0.3) is 0 Å². The van der Waals surface area contributed by atoms with Gasteiger partial charge in [0.2, 0.25) is 6.41 Å². The zero-order chi connectivity index (χ0) is 12.1. The summed E-state index contributed by atoms with van der Waals surface area (Å²) in [5, 5.41) is 2.45. The van der Waals surface area contributed by atoms with Crippen molar-refractivity contribution < 1.29 is 13.9 Å². The molecule has 1 aromatic carbocycles. The summed E-state index contributed by atoms with van der Waals surface area (Å²) in [4.78, 5) is 10.0. The minimum Gasteiger partial charge on any atom is -0.488 e. The molecular weight excluding hydrogens is 277 g/mol. The average molecular weight is 290 g/mol. The number of hydrogen-bond acceptors (Lipinski definition) is 2. The first-order valence-corrected chi connectivity index (χ1v) is 5.62. The molecule has 0 fully saturated rings. The van der Waals surface area contributed by atoms with Crippen molar-refractivity contribution in [3.63, 3.8) is 0 Å². The quantitative estimate of drug-likeness (QED) is 0.667. The van der Waals surface area contributed by atoms with Gasteiger partial charge in [0, 0.05) is 10.0 Å². The Morgan fingerprint density at radius 2 is 2.25 bits per heavy atom. The van der Waals surface area contributed by atoms with Gasteiger partial charge in [-0.25, -0.2) is 4.39 Å². The highest BCUT2D eigenvalue weighted by molar-refractivity contribution is 9.10. The molecule has 16 heavy (non-hydrogen) atoms. The van der Waals surface area contributed by atoms with Gasteiger partial charge in [0.25, 0.3) is 0 Å². The Kier molecular flexibility index (Phi) is 4.73. The molecular formula is C11H13BrFNO2. The molecule has 5 heteroatoms. The van der Waals surface area contributed by atoms with Gasteiger partial charge in [0.05, 0.1) is 6.54 Å². The molecule has 88 valence electrons. The molecule has 0 heterocycles. The van der Waals surface area contributed by atoms with Gasteiger partial charge in [-0.2, -0.15) is 0 Å². The van der Waals surface area contributed by atoms with E-state index in [0.717, 1.165) is 10.0 Å². The highest BCUT2D eigenvalue weighted by Crippen LogP contribution is 2.30. The predicted molar refractivity (Wildman–Crippen MR) is 63.1 cm³/mol. The van der Waals surface area contributed by atoms with Crippen LogP contribution in [0.2, 0.25) is 0 Å². The molecule has 1 aromatic rings. The van der Waals surface area contributed by atoms with E-state index in [1.165, 1.54) is 0 Å². The van der Waals surface area contributed by atoms with E-state index in [4.69, 9.17) is 4.74 Å². The highest BCUT2D eigenvalue weighted by Gasteiger charge is 2.13. The van der Waals surface area contributed by atoms with Gasteiger partial charge in [-0.3, -0.25) is 4.79 Å². The number of carbonyl (C=O) groups excluding carboxylic acids is 1. The Labute approximate surface area is 102 Å². The lowest BCUT2D eigenvalue weighted by molar-refractivity contribution is -0.109. The summed E-state index contributed by atoms with van der Waals surface area (Å²) in [6, 6.07) is 1.81. The van der Waals surface area contributed by atoms with Crippen LogP contribution in [-0.4, -0.2) is 19.6 Å². The first-order chi connectivity index (χ1) is 7.57. The molecule has 3 nitrogen and oxygen atoms in total. The summed E-state index contributed by atoms with van der Waals surface area (Å²) in [6.07, 6.45) is 0.583. The molecule has 0 aliphatic rings. The Morgan fingerprint density at radius 1 is 1.56 bits per heavy atom. The Hall–Kier alpha value is -1.10. The van der Waals surface area contributed by atoms with Crippen LogP contribution < -0.4 is 10.1 Å². The molecule has 1 rings (SSSR count). The number of amides is 1. The summed E-state index contributed by atoms with van der Waals surface area (Å²) < 4.78 is 19.8. The normalized spacial score (nSPS) is 10.0. The third-order valence-electron chi connectivity index (χ3n) is 2.16. The lowest BCUT2D eigenvalue weighted by atomic mass is 10.1. The fraction of sp³-hybridized carbons (Fsp3) is 0.364. The molecule has 1 N–H and O–H groups in total. The largest absolute Gasteiger partial charge is 0.488 e. The zero-order valence-electron chi connectivity index (χ0n) is 9.14. The van der Waals surface area contributed by atoms with Crippen molar-refractivity contribution >= 4 is 22.3 Å². The number of rotatable bonds is 5. The van der Waals surface area contributed by atoms with Gasteiger partial charge in [-0.05, 0) is 25.5 Å². The minimum atomic E-state index is -0.363. The van der Waals surface area contributed by atoms with Crippen LogP contribution in [0.3, 0.4) is 0 Å². The summed E-state index contributed by atoms with van der Waals surface area (Å²) >= 11 is 3.27. The minimum absolute atomic E-state index is 0.244. The van der Waals surface area contributed by atoms with E-state index in [0.29, 0.717) is 18.5 Å². The first kappa shape index (κ1) is 13.0. The van der Waals surface area contributed by atoms with Crippen molar-refractivity contribution in [2.45, 2.75) is 13.8 Å². The van der Waals surface area contributed by atoms with Crippen molar-refractivity contribution in [1.29, 1.82) is 0 Å². The van der Waals surface area contributed by atoms with Crippen molar-refractivity contribution in [1.82, 2.24) is 5.32 Å². The van der Waals surface area contributed by atoms with E-state index >= 15 is 0 Å². The van der Waals surface area contributed by atoms with Crippen LogP contribution in [0.15, 0.2) is 10.5 Å². The lowest BCUT2D eigenvalue weighted by Gasteiger charge is -2.12. The number of carbonyl (C=O) groups is 1. The molecule has 0 radical (unpaired) electrons. The maximum Gasteiger partial charge on any atom is 0.207 e. The third-order valence-corrected chi connectivity index (χ3v) is 2.99. The van der Waals surface area contributed by atoms with E-state index in [1.54, 1.807) is 19.9 Å². The van der Waals surface area contributed by atoms with Gasteiger partial charge in [0.15, 0.2) is 11.6 Å². The van der Waals surface area contributed by atoms with Crippen LogP contribution in [0.5, 0.6) is 5.75 Å². The molecule has 0 spiro atoms. The number of aryl methyl sites for hydroxylation is 1. The number of halogens is 2. The van der Waals surface area contributed by atoms with Crippen molar-refractivity contribution in [3.05, 3.63) is 27.5 Å². The summed E-state index contributed by atoms with van der Waals surface area (Å²) in [6.45, 7) is 4.06. The zero-order valence-corrected chi connectivity index (χ0v) is 10.7. The van der Waals surface area contributed by atoms with Gasteiger partial charge in [0.1, 0.15) is 6.61 Å². The van der Waals surface area contributed by atoms with Crippen molar-refractivity contribution in [2.24, 2.45) is 0 Å². The smallest absolute Gasteiger partial charge is 0.207 e. The molecule has 0 saturated heterocycles. The maximum atomic E-state index is 13.8. The molecule has 0 aromatic heterocycles. The number of nitrogens with one attached hydrogen (secondary N) is 1. The van der Waals surface area contributed by atoms with Crippen LogP contribution in [0.1, 0.15) is 11.1 Å². The van der Waals surface area contributed by atoms with Gasteiger partial charge in [-0.1, -0.05) is 15.9 Å². The fourth-order valence-corrected chi connectivity index (χ4v) is 1.78.